The molecule has 12 heavy (non-hydrogen) atoms. The quantitative estimate of drug-likeness (QED) is 0.660. The van der Waals surface area contributed by atoms with Gasteiger partial charge in [0.15, 0.2) is 5.13 Å². The summed E-state index contributed by atoms with van der Waals surface area (Å²) in [4.78, 5) is 5.74. The lowest BCUT2D eigenvalue weighted by molar-refractivity contribution is 0.709. The Kier molecular flexibility index (Phi) is 3.35. The number of aryl methyl sites for hydroxylation is 2. The zero-order valence-corrected chi connectivity index (χ0v) is 8.51. The number of hydrogen-bond donors (Lipinski definition) is 1. The fourth-order valence-corrected chi connectivity index (χ4v) is 2.47. The van der Waals surface area contributed by atoms with Crippen LogP contribution in [0.2, 0.25) is 0 Å². The van der Waals surface area contributed by atoms with E-state index in [2.05, 4.69) is 4.98 Å². The number of thiazole rings is 1. The maximum absolute atomic E-state index is 5.62. The Bertz CT molecular complexity index is 236. The van der Waals surface area contributed by atoms with Crippen LogP contribution in [0.15, 0.2) is 0 Å². The molecule has 0 radical (unpaired) electrons. The van der Waals surface area contributed by atoms with Gasteiger partial charge in [0.2, 0.25) is 0 Å². The number of nitrogens with two attached hydrogens (primary N) is 1. The first-order valence-corrected chi connectivity index (χ1v) is 4.92. The summed E-state index contributed by atoms with van der Waals surface area (Å²) in [7, 11) is 0. The molecule has 1 heterocycles. The molecule has 0 fully saturated rings. The summed E-state index contributed by atoms with van der Waals surface area (Å²) in [5, 5.41) is 0.747. The van der Waals surface area contributed by atoms with Crippen LogP contribution >= 0.6 is 23.7 Å². The molecule has 0 bridgehead atoms. The Morgan fingerprint density at radius 1 is 1.17 bits per heavy atom. The van der Waals surface area contributed by atoms with Gasteiger partial charge in [0.05, 0.1) is 5.69 Å². The van der Waals surface area contributed by atoms with E-state index in [1.165, 1.54) is 36.3 Å². The first-order chi connectivity index (χ1) is 5.36. The fraction of sp³-hybridized carbons (Fsp3) is 0.625. The second-order valence-electron chi connectivity index (χ2n) is 2.98. The number of hydrogen-bond acceptors (Lipinski definition) is 3. The predicted octanol–water partition coefficient (Wildman–Crippen LogP) is 2.42. The molecule has 68 valence electrons. The van der Waals surface area contributed by atoms with E-state index in [-0.39, 0.29) is 12.4 Å². The van der Waals surface area contributed by atoms with Crippen molar-refractivity contribution in [3.05, 3.63) is 10.6 Å². The van der Waals surface area contributed by atoms with Gasteiger partial charge in [-0.3, -0.25) is 0 Å². The van der Waals surface area contributed by atoms with Gasteiger partial charge in [-0.15, -0.1) is 23.7 Å². The molecule has 2 rings (SSSR count). The van der Waals surface area contributed by atoms with Gasteiger partial charge >= 0.3 is 0 Å². The summed E-state index contributed by atoms with van der Waals surface area (Å²) in [5.74, 6) is 0. The van der Waals surface area contributed by atoms with Gasteiger partial charge in [-0.1, -0.05) is 6.42 Å². The Hall–Kier alpha value is -0.280. The molecule has 0 aliphatic heterocycles. The van der Waals surface area contributed by atoms with Crippen molar-refractivity contribution in [3.8, 4) is 0 Å². The number of nitrogen functional groups attached to an aromatic ring is 1. The SMILES string of the molecule is Cl.Nc1nc2c(s1)CCCCC2. The molecule has 1 aliphatic carbocycles. The lowest BCUT2D eigenvalue weighted by Gasteiger charge is -1.90. The lowest BCUT2D eigenvalue weighted by Crippen LogP contribution is -1.87. The summed E-state index contributed by atoms with van der Waals surface area (Å²) in [6.45, 7) is 0. The predicted molar refractivity (Wildman–Crippen MR) is 55.0 cm³/mol. The molecule has 0 unspecified atom stereocenters. The molecule has 0 saturated carbocycles. The molecule has 1 aliphatic rings. The zero-order valence-electron chi connectivity index (χ0n) is 6.88. The van der Waals surface area contributed by atoms with Crippen LogP contribution in [0, 0.1) is 0 Å². The van der Waals surface area contributed by atoms with E-state index in [0.29, 0.717) is 0 Å². The van der Waals surface area contributed by atoms with E-state index in [1.807, 2.05) is 0 Å². The van der Waals surface area contributed by atoms with Crippen LogP contribution in [-0.4, -0.2) is 4.98 Å². The minimum Gasteiger partial charge on any atom is -0.375 e. The van der Waals surface area contributed by atoms with E-state index in [0.717, 1.165) is 11.6 Å². The molecule has 4 heteroatoms. The molecular weight excluding hydrogens is 192 g/mol. The zero-order chi connectivity index (χ0) is 7.68. The Balaban J connectivity index is 0.000000720. The Labute approximate surface area is 82.6 Å². The van der Waals surface area contributed by atoms with Crippen LogP contribution < -0.4 is 5.73 Å². The molecule has 0 amide bonds. The third-order valence-electron chi connectivity index (χ3n) is 2.11. The highest BCUT2D eigenvalue weighted by Gasteiger charge is 2.11. The molecule has 0 aromatic carbocycles. The highest BCUT2D eigenvalue weighted by Crippen LogP contribution is 2.26. The molecule has 1 aromatic rings. The summed E-state index contributed by atoms with van der Waals surface area (Å²) in [6.07, 6.45) is 6.29. The molecule has 2 N–H and O–H groups in total. The summed E-state index contributed by atoms with van der Waals surface area (Å²) >= 11 is 1.67. The van der Waals surface area contributed by atoms with Crippen molar-refractivity contribution in [2.45, 2.75) is 32.1 Å². The van der Waals surface area contributed by atoms with Gasteiger partial charge < -0.3 is 5.73 Å². The third kappa shape index (κ3) is 1.90. The van der Waals surface area contributed by atoms with Crippen molar-refractivity contribution >= 4 is 28.9 Å². The molecule has 0 atom stereocenters. The molecule has 0 saturated heterocycles. The number of fused-ring (bicyclic) bond motifs is 1. The van der Waals surface area contributed by atoms with Crippen molar-refractivity contribution in [1.29, 1.82) is 0 Å². The van der Waals surface area contributed by atoms with E-state index < -0.39 is 0 Å². The maximum atomic E-state index is 5.62. The molecule has 0 spiro atoms. The van der Waals surface area contributed by atoms with E-state index >= 15 is 0 Å². The van der Waals surface area contributed by atoms with Crippen molar-refractivity contribution in [2.24, 2.45) is 0 Å². The highest BCUT2D eigenvalue weighted by molar-refractivity contribution is 7.15. The van der Waals surface area contributed by atoms with Gasteiger partial charge in [-0.25, -0.2) is 4.98 Å². The van der Waals surface area contributed by atoms with Crippen molar-refractivity contribution in [3.63, 3.8) is 0 Å². The van der Waals surface area contributed by atoms with E-state index in [4.69, 9.17) is 5.73 Å². The maximum Gasteiger partial charge on any atom is 0.180 e. The van der Waals surface area contributed by atoms with E-state index in [9.17, 15) is 0 Å². The van der Waals surface area contributed by atoms with Crippen LogP contribution in [0.1, 0.15) is 29.8 Å². The highest BCUT2D eigenvalue weighted by atomic mass is 35.5. The van der Waals surface area contributed by atoms with Gasteiger partial charge in [0.25, 0.3) is 0 Å². The topological polar surface area (TPSA) is 38.9 Å². The standard InChI is InChI=1S/C8H12N2S.ClH/c9-8-10-6-4-2-1-3-5-7(6)11-8;/h1-5H2,(H2,9,10);1H. The van der Waals surface area contributed by atoms with Crippen LogP contribution in [-0.2, 0) is 12.8 Å². The first kappa shape index (κ1) is 9.81. The average molecular weight is 205 g/mol. The van der Waals surface area contributed by atoms with Gasteiger partial charge in [-0.05, 0) is 25.7 Å². The first-order valence-electron chi connectivity index (χ1n) is 4.10. The second kappa shape index (κ2) is 4.10. The van der Waals surface area contributed by atoms with E-state index in [1.54, 1.807) is 11.3 Å². The number of nitrogens with zero attached hydrogens (tertiary/aromatic N) is 1. The Morgan fingerprint density at radius 3 is 2.75 bits per heavy atom. The lowest BCUT2D eigenvalue weighted by atomic mass is 10.2. The number of halogens is 1. The van der Waals surface area contributed by atoms with Crippen LogP contribution in [0.5, 0.6) is 0 Å². The largest absolute Gasteiger partial charge is 0.375 e. The number of aromatic nitrogens is 1. The molecule has 2 nitrogen and oxygen atoms in total. The van der Waals surface area contributed by atoms with Gasteiger partial charge in [0, 0.05) is 4.88 Å². The fourth-order valence-electron chi connectivity index (χ4n) is 1.55. The normalized spacial score (nSPS) is 16.0. The monoisotopic (exact) mass is 204 g/mol. The molecule has 1 aromatic heterocycles. The summed E-state index contributed by atoms with van der Waals surface area (Å²) < 4.78 is 0. The smallest absolute Gasteiger partial charge is 0.180 e. The van der Waals surface area contributed by atoms with Crippen molar-refractivity contribution < 1.29 is 0 Å². The van der Waals surface area contributed by atoms with Crippen LogP contribution in [0.4, 0.5) is 5.13 Å². The Morgan fingerprint density at radius 2 is 1.92 bits per heavy atom. The minimum absolute atomic E-state index is 0. The van der Waals surface area contributed by atoms with Crippen molar-refractivity contribution in [1.82, 2.24) is 4.98 Å². The summed E-state index contributed by atoms with van der Waals surface area (Å²) in [5.41, 5.74) is 6.89. The average Bonchev–Trinajstić information content (AvgIpc) is 2.17. The number of anilines is 1. The molecular formula is C8H13ClN2S. The second-order valence-corrected chi connectivity index (χ2v) is 4.10. The van der Waals surface area contributed by atoms with Gasteiger partial charge in [-0.2, -0.15) is 0 Å². The van der Waals surface area contributed by atoms with Crippen molar-refractivity contribution in [2.75, 3.05) is 5.73 Å². The third-order valence-corrected chi connectivity index (χ3v) is 3.10. The van der Waals surface area contributed by atoms with Crippen LogP contribution in [0.3, 0.4) is 0 Å². The van der Waals surface area contributed by atoms with Gasteiger partial charge in [0.1, 0.15) is 0 Å². The number of rotatable bonds is 0. The summed E-state index contributed by atoms with van der Waals surface area (Å²) in [6, 6.07) is 0. The van der Waals surface area contributed by atoms with Crippen LogP contribution in [0.25, 0.3) is 0 Å². The minimum atomic E-state index is 0.